The molecule has 1 aromatic heterocycles. The van der Waals surface area contributed by atoms with Crippen molar-refractivity contribution in [1.29, 1.82) is 0 Å². The van der Waals surface area contributed by atoms with E-state index < -0.39 is 0 Å². The molecule has 3 rings (SSSR count). The number of ether oxygens (including phenoxy) is 1. The van der Waals surface area contributed by atoms with Gasteiger partial charge in [-0.3, -0.25) is 4.79 Å². The number of aryl methyl sites for hydroxylation is 2. The molecule has 0 unspecified atom stereocenters. The zero-order chi connectivity index (χ0) is 20.1. The van der Waals surface area contributed by atoms with Crippen LogP contribution in [0.1, 0.15) is 34.4 Å². The van der Waals surface area contributed by atoms with Crippen LogP contribution in [0.5, 0.6) is 5.75 Å². The summed E-state index contributed by atoms with van der Waals surface area (Å²) in [5, 5.41) is 6.16. The van der Waals surface area contributed by atoms with Gasteiger partial charge in [-0.25, -0.2) is 9.97 Å². The minimum atomic E-state index is -0.318. The van der Waals surface area contributed by atoms with Gasteiger partial charge in [0.05, 0.1) is 12.3 Å². The van der Waals surface area contributed by atoms with E-state index in [1.54, 1.807) is 19.1 Å². The standard InChI is InChI=1S/C22H24N4O2/c1-5-28-20-12-7-6-10-18(20)26-22(27)19-13-21(24-16(4)23-19)25-17-11-8-9-14(2)15(17)3/h6-13H,5H2,1-4H3,(H,26,27)(H,23,24,25). The van der Waals surface area contributed by atoms with Crippen molar-refractivity contribution in [1.82, 2.24) is 9.97 Å². The minimum Gasteiger partial charge on any atom is -0.492 e. The van der Waals surface area contributed by atoms with Gasteiger partial charge in [0.2, 0.25) is 0 Å². The van der Waals surface area contributed by atoms with Gasteiger partial charge in [0.15, 0.2) is 0 Å². The van der Waals surface area contributed by atoms with E-state index in [4.69, 9.17) is 4.74 Å². The molecule has 0 radical (unpaired) electrons. The first kappa shape index (κ1) is 19.4. The van der Waals surface area contributed by atoms with E-state index in [1.807, 2.05) is 44.2 Å². The summed E-state index contributed by atoms with van der Waals surface area (Å²) in [6.45, 7) is 8.28. The molecule has 6 heteroatoms. The largest absolute Gasteiger partial charge is 0.492 e. The Kier molecular flexibility index (Phi) is 5.89. The highest BCUT2D eigenvalue weighted by Gasteiger charge is 2.14. The van der Waals surface area contributed by atoms with Crippen molar-refractivity contribution in [2.45, 2.75) is 27.7 Å². The van der Waals surface area contributed by atoms with Crippen molar-refractivity contribution >= 4 is 23.1 Å². The fraction of sp³-hybridized carbons (Fsp3) is 0.227. The minimum absolute atomic E-state index is 0.284. The first-order valence-electron chi connectivity index (χ1n) is 9.20. The van der Waals surface area contributed by atoms with Gasteiger partial charge in [0, 0.05) is 11.8 Å². The van der Waals surface area contributed by atoms with Crippen LogP contribution in [0.2, 0.25) is 0 Å². The number of benzene rings is 2. The molecule has 2 N–H and O–H groups in total. The maximum Gasteiger partial charge on any atom is 0.274 e. The highest BCUT2D eigenvalue weighted by atomic mass is 16.5. The van der Waals surface area contributed by atoms with Crippen molar-refractivity contribution in [2.75, 3.05) is 17.2 Å². The van der Waals surface area contributed by atoms with Crippen LogP contribution in [0.4, 0.5) is 17.2 Å². The molecule has 0 saturated heterocycles. The average Bonchev–Trinajstić information content (AvgIpc) is 2.67. The van der Waals surface area contributed by atoms with E-state index in [0.717, 1.165) is 11.3 Å². The Labute approximate surface area is 165 Å². The van der Waals surface area contributed by atoms with Gasteiger partial charge in [-0.2, -0.15) is 0 Å². The van der Waals surface area contributed by atoms with Gasteiger partial charge in [-0.1, -0.05) is 24.3 Å². The third-order valence-electron chi connectivity index (χ3n) is 4.37. The quantitative estimate of drug-likeness (QED) is 0.646. The number of nitrogens with zero attached hydrogens (tertiary/aromatic N) is 2. The SMILES string of the molecule is CCOc1ccccc1NC(=O)c1cc(Nc2cccc(C)c2C)nc(C)n1. The zero-order valence-electron chi connectivity index (χ0n) is 16.5. The summed E-state index contributed by atoms with van der Waals surface area (Å²) >= 11 is 0. The molecule has 0 fully saturated rings. The fourth-order valence-electron chi connectivity index (χ4n) is 2.81. The fourth-order valence-corrected chi connectivity index (χ4v) is 2.81. The van der Waals surface area contributed by atoms with Crippen LogP contribution in [0.3, 0.4) is 0 Å². The van der Waals surface area contributed by atoms with Crippen molar-refractivity contribution in [3.8, 4) is 5.75 Å². The summed E-state index contributed by atoms with van der Waals surface area (Å²) in [6, 6.07) is 15.0. The van der Waals surface area contributed by atoms with Crippen LogP contribution in [0.15, 0.2) is 48.5 Å². The van der Waals surface area contributed by atoms with Gasteiger partial charge < -0.3 is 15.4 Å². The Balaban J connectivity index is 1.85. The predicted molar refractivity (Wildman–Crippen MR) is 112 cm³/mol. The number of hydrogen-bond donors (Lipinski definition) is 2. The van der Waals surface area contributed by atoms with E-state index in [2.05, 4.69) is 33.6 Å². The molecule has 0 saturated carbocycles. The molecule has 3 aromatic rings. The number of carbonyl (C=O) groups excluding carboxylic acids is 1. The monoisotopic (exact) mass is 376 g/mol. The maximum atomic E-state index is 12.8. The third-order valence-corrected chi connectivity index (χ3v) is 4.37. The molecule has 6 nitrogen and oxygen atoms in total. The summed E-state index contributed by atoms with van der Waals surface area (Å²) in [5.41, 5.74) is 4.16. The molecule has 0 aliphatic heterocycles. The van der Waals surface area contributed by atoms with E-state index in [1.165, 1.54) is 5.56 Å². The summed E-state index contributed by atoms with van der Waals surface area (Å²) in [4.78, 5) is 21.5. The Bertz CT molecular complexity index is 1000. The Morgan fingerprint density at radius 2 is 1.75 bits per heavy atom. The zero-order valence-corrected chi connectivity index (χ0v) is 16.5. The summed E-state index contributed by atoms with van der Waals surface area (Å²) in [6.07, 6.45) is 0. The maximum absolute atomic E-state index is 12.8. The molecular formula is C22H24N4O2. The summed E-state index contributed by atoms with van der Waals surface area (Å²) in [7, 11) is 0. The lowest BCUT2D eigenvalue weighted by molar-refractivity contribution is 0.102. The van der Waals surface area contributed by atoms with Crippen LogP contribution in [0, 0.1) is 20.8 Å². The van der Waals surface area contributed by atoms with Crippen LogP contribution >= 0.6 is 0 Å². The van der Waals surface area contributed by atoms with Crippen molar-refractivity contribution < 1.29 is 9.53 Å². The van der Waals surface area contributed by atoms with Crippen molar-refractivity contribution in [3.05, 3.63) is 71.2 Å². The van der Waals surface area contributed by atoms with Crippen molar-refractivity contribution in [2.24, 2.45) is 0 Å². The number of nitrogens with one attached hydrogen (secondary N) is 2. The molecule has 0 bridgehead atoms. The van der Waals surface area contributed by atoms with Gasteiger partial charge >= 0.3 is 0 Å². The Morgan fingerprint density at radius 3 is 2.54 bits per heavy atom. The normalized spacial score (nSPS) is 10.4. The van der Waals surface area contributed by atoms with E-state index in [9.17, 15) is 4.79 Å². The second-order valence-electron chi connectivity index (χ2n) is 6.44. The highest BCUT2D eigenvalue weighted by Crippen LogP contribution is 2.25. The Hall–Kier alpha value is -3.41. The lowest BCUT2D eigenvalue weighted by Crippen LogP contribution is -2.16. The second kappa shape index (κ2) is 8.52. The summed E-state index contributed by atoms with van der Waals surface area (Å²) in [5.74, 6) is 1.39. The lowest BCUT2D eigenvalue weighted by atomic mass is 10.1. The van der Waals surface area contributed by atoms with E-state index >= 15 is 0 Å². The van der Waals surface area contributed by atoms with E-state index in [-0.39, 0.29) is 11.6 Å². The van der Waals surface area contributed by atoms with Crippen molar-refractivity contribution in [3.63, 3.8) is 0 Å². The molecule has 144 valence electrons. The third kappa shape index (κ3) is 4.46. The number of rotatable bonds is 6. The molecule has 0 aliphatic carbocycles. The molecule has 0 aliphatic rings. The molecule has 2 aromatic carbocycles. The number of hydrogen-bond acceptors (Lipinski definition) is 5. The molecule has 0 spiro atoms. The first-order valence-corrected chi connectivity index (χ1v) is 9.20. The number of amides is 1. The Morgan fingerprint density at radius 1 is 1.00 bits per heavy atom. The van der Waals surface area contributed by atoms with Gasteiger partial charge in [-0.05, 0) is 57.0 Å². The number of carbonyl (C=O) groups is 1. The predicted octanol–water partition coefficient (Wildman–Crippen LogP) is 4.80. The molecule has 0 atom stereocenters. The second-order valence-corrected chi connectivity index (χ2v) is 6.44. The molecule has 1 amide bonds. The first-order chi connectivity index (χ1) is 13.5. The topological polar surface area (TPSA) is 76.1 Å². The van der Waals surface area contributed by atoms with Gasteiger partial charge in [-0.15, -0.1) is 0 Å². The van der Waals surface area contributed by atoms with Gasteiger partial charge in [0.1, 0.15) is 23.1 Å². The molecule has 1 heterocycles. The van der Waals surface area contributed by atoms with Gasteiger partial charge in [0.25, 0.3) is 5.91 Å². The van der Waals surface area contributed by atoms with Crippen LogP contribution in [0.25, 0.3) is 0 Å². The van der Waals surface area contributed by atoms with Crippen LogP contribution < -0.4 is 15.4 Å². The lowest BCUT2D eigenvalue weighted by Gasteiger charge is -2.13. The number of para-hydroxylation sites is 2. The summed E-state index contributed by atoms with van der Waals surface area (Å²) < 4.78 is 5.56. The number of aromatic nitrogens is 2. The molecule has 28 heavy (non-hydrogen) atoms. The van der Waals surface area contributed by atoms with Crippen LogP contribution in [-0.4, -0.2) is 22.5 Å². The molecular weight excluding hydrogens is 352 g/mol. The smallest absolute Gasteiger partial charge is 0.274 e. The average molecular weight is 376 g/mol. The highest BCUT2D eigenvalue weighted by molar-refractivity contribution is 6.04. The van der Waals surface area contributed by atoms with E-state index in [0.29, 0.717) is 29.7 Å². The van der Waals surface area contributed by atoms with Crippen LogP contribution in [-0.2, 0) is 0 Å². The number of anilines is 3.